The Hall–Kier alpha value is -3.22. The molecule has 3 aromatic rings. The number of fused-ring (bicyclic) bond motifs is 1. The molecule has 1 atom stereocenters. The van der Waals surface area contributed by atoms with Gasteiger partial charge in [-0.15, -0.1) is 0 Å². The lowest BCUT2D eigenvalue weighted by Gasteiger charge is -2.14. The minimum absolute atomic E-state index is 0.0779. The molecule has 0 saturated heterocycles. The maximum absolute atomic E-state index is 12.9. The first-order valence-electron chi connectivity index (χ1n) is 9.34. The summed E-state index contributed by atoms with van der Waals surface area (Å²) in [6.45, 7) is 7.83. The molecule has 0 bridgehead atoms. The van der Waals surface area contributed by atoms with E-state index in [1.165, 1.54) is 0 Å². The van der Waals surface area contributed by atoms with Crippen LogP contribution in [0.15, 0.2) is 42.6 Å². The molecule has 7 heteroatoms. The zero-order chi connectivity index (χ0) is 20.3. The molecule has 0 unspecified atom stereocenters. The van der Waals surface area contributed by atoms with E-state index in [4.69, 9.17) is 9.72 Å². The van der Waals surface area contributed by atoms with Crippen LogP contribution in [0.4, 0.5) is 0 Å². The second-order valence-electron chi connectivity index (χ2n) is 6.78. The van der Waals surface area contributed by atoms with Crippen LogP contribution in [-0.2, 0) is 9.53 Å². The predicted octanol–water partition coefficient (Wildman–Crippen LogP) is 3.36. The highest BCUT2D eigenvalue weighted by Gasteiger charge is 2.23. The summed E-state index contributed by atoms with van der Waals surface area (Å²) in [4.78, 5) is 29.5. The maximum atomic E-state index is 12.9. The van der Waals surface area contributed by atoms with Gasteiger partial charge in [0.1, 0.15) is 0 Å². The fourth-order valence-corrected chi connectivity index (χ4v) is 2.92. The summed E-state index contributed by atoms with van der Waals surface area (Å²) in [7, 11) is 0. The molecule has 0 aliphatic heterocycles. The first kappa shape index (κ1) is 19.5. The molecule has 1 aromatic carbocycles. The van der Waals surface area contributed by atoms with E-state index in [1.807, 2.05) is 51.1 Å². The molecule has 0 fully saturated rings. The number of likely N-dealkylation sites (N-methyl/N-ethyl adjacent to an activating group) is 1. The number of hydrogen-bond donors (Lipinski definition) is 1. The number of pyridine rings is 1. The molecule has 3 rings (SSSR count). The standard InChI is InChI=1S/C21H24N4O3/c1-5-22-20(26)14(4)28-21(27)16-11-18(15-9-7-6-8-10-15)24-19-17(16)12-23-25(19)13(2)3/h6-14H,5H2,1-4H3,(H,22,26)/t14-/m1/s1. The number of carbonyl (C=O) groups is 2. The molecular formula is C21H24N4O3. The smallest absolute Gasteiger partial charge is 0.339 e. The summed E-state index contributed by atoms with van der Waals surface area (Å²) in [6.07, 6.45) is 0.723. The Labute approximate surface area is 163 Å². The fourth-order valence-electron chi connectivity index (χ4n) is 2.92. The minimum Gasteiger partial charge on any atom is -0.449 e. The van der Waals surface area contributed by atoms with Crippen LogP contribution in [-0.4, -0.2) is 39.3 Å². The highest BCUT2D eigenvalue weighted by Crippen LogP contribution is 2.27. The van der Waals surface area contributed by atoms with Crippen LogP contribution in [0.5, 0.6) is 0 Å². The lowest BCUT2D eigenvalue weighted by molar-refractivity contribution is -0.128. The molecule has 2 aromatic heterocycles. The van der Waals surface area contributed by atoms with Crippen LogP contribution in [0, 0.1) is 0 Å². The summed E-state index contributed by atoms with van der Waals surface area (Å²) >= 11 is 0. The largest absolute Gasteiger partial charge is 0.449 e. The van der Waals surface area contributed by atoms with E-state index in [2.05, 4.69) is 10.4 Å². The number of esters is 1. The van der Waals surface area contributed by atoms with Gasteiger partial charge in [-0.2, -0.15) is 5.10 Å². The van der Waals surface area contributed by atoms with Crippen LogP contribution >= 0.6 is 0 Å². The molecule has 7 nitrogen and oxygen atoms in total. The third kappa shape index (κ3) is 3.88. The lowest BCUT2D eigenvalue weighted by atomic mass is 10.1. The highest BCUT2D eigenvalue weighted by molar-refractivity contribution is 6.04. The molecule has 0 radical (unpaired) electrons. The van der Waals surface area contributed by atoms with Gasteiger partial charge in [-0.1, -0.05) is 30.3 Å². The molecule has 1 N–H and O–H groups in total. The van der Waals surface area contributed by atoms with Crippen molar-refractivity contribution in [2.24, 2.45) is 0 Å². The Morgan fingerprint density at radius 1 is 1.18 bits per heavy atom. The number of nitrogens with one attached hydrogen (secondary N) is 1. The zero-order valence-electron chi connectivity index (χ0n) is 16.5. The number of carbonyl (C=O) groups excluding carboxylic acids is 2. The van der Waals surface area contributed by atoms with Crippen molar-refractivity contribution in [2.45, 2.75) is 39.8 Å². The van der Waals surface area contributed by atoms with Crippen LogP contribution < -0.4 is 5.32 Å². The average molecular weight is 380 g/mol. The van der Waals surface area contributed by atoms with Gasteiger partial charge >= 0.3 is 5.97 Å². The Balaban J connectivity index is 2.07. The Bertz CT molecular complexity index is 996. The van der Waals surface area contributed by atoms with Crippen molar-refractivity contribution in [3.8, 4) is 11.3 Å². The molecular weight excluding hydrogens is 356 g/mol. The first-order chi connectivity index (χ1) is 13.4. The van der Waals surface area contributed by atoms with Crippen LogP contribution in [0.1, 0.15) is 44.1 Å². The second-order valence-corrected chi connectivity index (χ2v) is 6.78. The van der Waals surface area contributed by atoms with Gasteiger partial charge in [-0.25, -0.2) is 14.5 Å². The van der Waals surface area contributed by atoms with Gasteiger partial charge in [0.05, 0.1) is 22.8 Å². The predicted molar refractivity (Wildman–Crippen MR) is 107 cm³/mol. The van der Waals surface area contributed by atoms with Crippen LogP contribution in [0.25, 0.3) is 22.3 Å². The third-order valence-electron chi connectivity index (χ3n) is 4.35. The zero-order valence-corrected chi connectivity index (χ0v) is 16.5. The fraction of sp³-hybridized carbons (Fsp3) is 0.333. The Morgan fingerprint density at radius 2 is 1.89 bits per heavy atom. The number of amides is 1. The third-order valence-corrected chi connectivity index (χ3v) is 4.35. The molecule has 0 spiro atoms. The summed E-state index contributed by atoms with van der Waals surface area (Å²) < 4.78 is 7.17. The molecule has 2 heterocycles. The number of rotatable bonds is 6. The summed E-state index contributed by atoms with van der Waals surface area (Å²) in [5, 5.41) is 7.63. The molecule has 1 amide bonds. The topological polar surface area (TPSA) is 86.1 Å². The summed E-state index contributed by atoms with van der Waals surface area (Å²) in [6, 6.07) is 11.4. The number of hydrogen-bond acceptors (Lipinski definition) is 5. The summed E-state index contributed by atoms with van der Waals surface area (Å²) in [5.41, 5.74) is 2.47. The van der Waals surface area contributed by atoms with E-state index in [9.17, 15) is 9.59 Å². The first-order valence-corrected chi connectivity index (χ1v) is 9.34. The van der Waals surface area contributed by atoms with E-state index >= 15 is 0 Å². The van der Waals surface area contributed by atoms with Gasteiger partial charge in [-0.3, -0.25) is 4.79 Å². The van der Waals surface area contributed by atoms with E-state index in [-0.39, 0.29) is 11.9 Å². The van der Waals surface area contributed by atoms with Gasteiger partial charge in [0.15, 0.2) is 11.8 Å². The number of benzene rings is 1. The highest BCUT2D eigenvalue weighted by atomic mass is 16.5. The van der Waals surface area contributed by atoms with Crippen molar-refractivity contribution in [1.82, 2.24) is 20.1 Å². The monoisotopic (exact) mass is 380 g/mol. The lowest BCUT2D eigenvalue weighted by Crippen LogP contribution is -2.35. The van der Waals surface area contributed by atoms with Crippen LogP contribution in [0.2, 0.25) is 0 Å². The van der Waals surface area contributed by atoms with Gasteiger partial charge in [0.2, 0.25) is 0 Å². The van der Waals surface area contributed by atoms with E-state index in [1.54, 1.807) is 23.9 Å². The minimum atomic E-state index is -0.893. The molecule has 28 heavy (non-hydrogen) atoms. The van der Waals surface area contributed by atoms with Crippen molar-refractivity contribution < 1.29 is 14.3 Å². The van der Waals surface area contributed by atoms with Gasteiger partial charge in [0.25, 0.3) is 5.91 Å². The average Bonchev–Trinajstić information content (AvgIpc) is 3.12. The van der Waals surface area contributed by atoms with Crippen molar-refractivity contribution in [3.63, 3.8) is 0 Å². The van der Waals surface area contributed by atoms with E-state index in [0.29, 0.717) is 28.8 Å². The van der Waals surface area contributed by atoms with Gasteiger partial charge < -0.3 is 10.1 Å². The SMILES string of the molecule is CCNC(=O)[C@@H](C)OC(=O)c1cc(-c2ccccc2)nc2c1cnn2C(C)C. The van der Waals surface area contributed by atoms with E-state index < -0.39 is 12.1 Å². The maximum Gasteiger partial charge on any atom is 0.339 e. The Kier molecular flexibility index (Phi) is 5.73. The Morgan fingerprint density at radius 3 is 2.54 bits per heavy atom. The summed E-state index contributed by atoms with van der Waals surface area (Å²) in [5.74, 6) is -0.908. The van der Waals surface area contributed by atoms with Crippen LogP contribution in [0.3, 0.4) is 0 Å². The molecule has 146 valence electrons. The molecule has 0 aliphatic rings. The molecule has 0 aliphatic carbocycles. The normalized spacial score (nSPS) is 12.2. The van der Waals surface area contributed by atoms with Crippen molar-refractivity contribution in [2.75, 3.05) is 6.54 Å². The van der Waals surface area contributed by atoms with Crippen molar-refractivity contribution in [1.29, 1.82) is 0 Å². The quantitative estimate of drug-likeness (QED) is 0.663. The molecule has 0 saturated carbocycles. The second kappa shape index (κ2) is 8.21. The van der Waals surface area contributed by atoms with Gasteiger partial charge in [0, 0.05) is 18.2 Å². The van der Waals surface area contributed by atoms with Crippen molar-refractivity contribution in [3.05, 3.63) is 48.2 Å². The number of nitrogens with zero attached hydrogens (tertiary/aromatic N) is 3. The van der Waals surface area contributed by atoms with E-state index in [0.717, 1.165) is 5.56 Å². The van der Waals surface area contributed by atoms with Gasteiger partial charge in [-0.05, 0) is 33.8 Å². The number of ether oxygens (including phenoxy) is 1. The number of aromatic nitrogens is 3. The van der Waals surface area contributed by atoms with Crippen molar-refractivity contribution >= 4 is 22.9 Å².